The van der Waals surface area contributed by atoms with Gasteiger partial charge in [0, 0.05) is 37.4 Å². The van der Waals surface area contributed by atoms with Crippen molar-refractivity contribution in [2.45, 2.75) is 76.0 Å². The molecule has 10 heteroatoms. The first-order valence-corrected chi connectivity index (χ1v) is 20.7. The first-order chi connectivity index (χ1) is 26.2. The zero-order valence-corrected chi connectivity index (χ0v) is 32.1. The summed E-state index contributed by atoms with van der Waals surface area (Å²) in [7, 11) is -3.23. The zero-order valence-electron chi connectivity index (χ0n) is 33.1. The van der Waals surface area contributed by atoms with Crippen LogP contribution in [0.4, 0.5) is 18.9 Å². The highest BCUT2D eigenvalue weighted by molar-refractivity contribution is 6.99. The van der Waals surface area contributed by atoms with Gasteiger partial charge in [-0.1, -0.05) is 93.6 Å². The summed E-state index contributed by atoms with van der Waals surface area (Å²) < 4.78 is 80.3. The average Bonchev–Trinajstić information content (AvgIpc) is 3.72. The van der Waals surface area contributed by atoms with Gasteiger partial charge < -0.3 is 24.1 Å². The number of alkyl halides is 3. The second-order valence-electron chi connectivity index (χ2n) is 15.8. The summed E-state index contributed by atoms with van der Waals surface area (Å²) >= 11 is 0. The predicted molar refractivity (Wildman–Crippen MR) is 208 cm³/mol. The SMILES string of the molecule is [2H]C1([2H])Oc2cc3c(cc2O1)[C@@H](c1ccc(N[C@H]2CCN(CCCF)C2)cc1)N(CC(F)(F)CO[Si](c1ccccc1)(c1ccccc1)C(C)(C)C)[C@H](C)C3. The number of nitrogens with zero attached hydrogens (tertiary/aromatic N) is 2. The van der Waals surface area contributed by atoms with E-state index in [-0.39, 0.29) is 24.5 Å². The molecule has 0 unspecified atom stereocenters. The lowest BCUT2D eigenvalue weighted by atomic mass is 9.84. The zero-order chi connectivity index (χ0) is 39.0. The molecule has 0 saturated carbocycles. The minimum absolute atomic E-state index is 0.237. The van der Waals surface area contributed by atoms with Crippen molar-refractivity contribution in [3.8, 4) is 11.5 Å². The minimum Gasteiger partial charge on any atom is -0.454 e. The molecule has 7 rings (SSSR count). The van der Waals surface area contributed by atoms with Crippen LogP contribution in [0, 0.1) is 0 Å². The Hall–Kier alpha value is -3.83. The van der Waals surface area contributed by atoms with Crippen LogP contribution >= 0.6 is 0 Å². The molecule has 282 valence electrons. The van der Waals surface area contributed by atoms with Gasteiger partial charge in [-0.05, 0) is 82.6 Å². The van der Waals surface area contributed by atoms with Gasteiger partial charge in [0.2, 0.25) is 6.75 Å². The number of nitrogens with one attached hydrogen (secondary N) is 1. The maximum absolute atomic E-state index is 16.8. The van der Waals surface area contributed by atoms with Crippen LogP contribution in [0.25, 0.3) is 0 Å². The molecule has 53 heavy (non-hydrogen) atoms. The van der Waals surface area contributed by atoms with Gasteiger partial charge in [-0.15, -0.1) is 0 Å². The lowest BCUT2D eigenvalue weighted by Crippen LogP contribution is -2.67. The summed E-state index contributed by atoms with van der Waals surface area (Å²) in [6.45, 7) is 6.78. The number of hydrogen-bond acceptors (Lipinski definition) is 6. The summed E-state index contributed by atoms with van der Waals surface area (Å²) in [6, 6.07) is 30.5. The normalized spacial score (nSPS) is 22.3. The summed E-state index contributed by atoms with van der Waals surface area (Å²) in [4.78, 5) is 4.13. The van der Waals surface area contributed by atoms with Crippen LogP contribution in [0.2, 0.25) is 5.04 Å². The van der Waals surface area contributed by atoms with E-state index in [0.29, 0.717) is 18.6 Å². The van der Waals surface area contributed by atoms with E-state index in [0.717, 1.165) is 58.8 Å². The smallest absolute Gasteiger partial charge is 0.282 e. The Balaban J connectivity index is 1.19. The van der Waals surface area contributed by atoms with Crippen molar-refractivity contribution in [2.75, 3.05) is 51.5 Å². The van der Waals surface area contributed by atoms with Crippen molar-refractivity contribution >= 4 is 24.4 Å². The van der Waals surface area contributed by atoms with Crippen LogP contribution in [-0.2, 0) is 10.8 Å². The fourth-order valence-corrected chi connectivity index (χ4v) is 13.1. The van der Waals surface area contributed by atoms with Gasteiger partial charge in [-0.2, -0.15) is 0 Å². The number of benzene rings is 4. The van der Waals surface area contributed by atoms with Crippen LogP contribution in [0.1, 0.15) is 66.0 Å². The molecule has 1 N–H and O–H groups in total. The quantitative estimate of drug-likeness (QED) is 0.141. The van der Waals surface area contributed by atoms with Crippen LogP contribution < -0.4 is 25.2 Å². The molecule has 4 aromatic carbocycles. The first kappa shape index (κ1) is 34.9. The largest absolute Gasteiger partial charge is 0.454 e. The maximum Gasteiger partial charge on any atom is 0.282 e. The third-order valence-electron chi connectivity index (χ3n) is 11.0. The molecule has 3 aliphatic heterocycles. The van der Waals surface area contributed by atoms with Crippen LogP contribution in [0.5, 0.6) is 11.5 Å². The van der Waals surface area contributed by atoms with E-state index in [1.54, 1.807) is 12.1 Å². The third kappa shape index (κ3) is 7.88. The van der Waals surface area contributed by atoms with E-state index in [2.05, 4.69) is 31.0 Å². The van der Waals surface area contributed by atoms with Crippen molar-refractivity contribution in [1.82, 2.24) is 9.80 Å². The molecule has 1 fully saturated rings. The molecular formula is C43H52F3N3O3Si. The summed E-state index contributed by atoms with van der Waals surface area (Å²) in [5, 5.41) is 5.03. The summed E-state index contributed by atoms with van der Waals surface area (Å²) in [5.41, 5.74) is 3.45. The third-order valence-corrected chi connectivity index (χ3v) is 16.0. The Kier molecular flexibility index (Phi) is 10.2. The molecule has 1 saturated heterocycles. The monoisotopic (exact) mass is 745 g/mol. The van der Waals surface area contributed by atoms with E-state index < -0.39 is 45.2 Å². The Bertz CT molecular complexity index is 1880. The Morgan fingerprint density at radius 3 is 2.19 bits per heavy atom. The lowest BCUT2D eigenvalue weighted by Gasteiger charge is -2.46. The molecule has 3 atom stereocenters. The molecule has 0 spiro atoms. The van der Waals surface area contributed by atoms with E-state index in [4.69, 9.17) is 16.6 Å². The fraction of sp³-hybridized carbons (Fsp3) is 0.442. The average molecular weight is 746 g/mol. The number of hydrogen-bond donors (Lipinski definition) is 1. The van der Waals surface area contributed by atoms with Crippen LogP contribution in [-0.4, -0.2) is 82.3 Å². The number of halogens is 3. The Morgan fingerprint density at radius 1 is 0.925 bits per heavy atom. The molecule has 0 bridgehead atoms. The Morgan fingerprint density at radius 2 is 1.57 bits per heavy atom. The van der Waals surface area contributed by atoms with Gasteiger partial charge in [0.15, 0.2) is 11.5 Å². The van der Waals surface area contributed by atoms with Gasteiger partial charge in [-0.3, -0.25) is 9.29 Å². The molecule has 0 aliphatic carbocycles. The van der Waals surface area contributed by atoms with Crippen molar-refractivity contribution in [3.05, 3.63) is 114 Å². The summed E-state index contributed by atoms with van der Waals surface area (Å²) in [6.07, 6.45) is 1.97. The molecule has 0 radical (unpaired) electrons. The first-order valence-electron chi connectivity index (χ1n) is 19.8. The highest BCUT2D eigenvalue weighted by atomic mass is 28.4. The van der Waals surface area contributed by atoms with E-state index in [1.807, 2.05) is 96.8 Å². The van der Waals surface area contributed by atoms with Crippen molar-refractivity contribution < 1.29 is 29.8 Å². The highest BCUT2D eigenvalue weighted by Crippen LogP contribution is 2.46. The van der Waals surface area contributed by atoms with Crippen molar-refractivity contribution in [1.29, 1.82) is 0 Å². The second-order valence-corrected chi connectivity index (χ2v) is 20.1. The van der Waals surface area contributed by atoms with Crippen molar-refractivity contribution in [2.24, 2.45) is 0 Å². The standard InChI is InChI=1S/C43H52F3N3O3Si/c1-31-24-33-25-39-40(51-30-50-39)26-38(33)41(32-16-18-34(19-17-32)47-35-20-23-48(27-35)22-11-21-44)49(31)28-43(45,46)29-52-53(42(2,3)4,36-12-7-5-8-13-36)37-14-9-6-10-15-37/h5-10,12-19,25-26,31,35,41,47H,11,20-24,27-30H2,1-4H3/t31-,35+,41-/m1/s1/i30D2. The van der Waals surface area contributed by atoms with Gasteiger partial charge >= 0.3 is 0 Å². The van der Waals surface area contributed by atoms with Gasteiger partial charge in [0.25, 0.3) is 14.2 Å². The van der Waals surface area contributed by atoms with Crippen molar-refractivity contribution in [3.63, 3.8) is 0 Å². The number of anilines is 1. The van der Waals surface area contributed by atoms with Crippen LogP contribution in [0.3, 0.4) is 0 Å². The molecule has 4 aromatic rings. The number of likely N-dealkylation sites (tertiary alicyclic amines) is 1. The molecular weight excluding hydrogens is 692 g/mol. The van der Waals surface area contributed by atoms with Gasteiger partial charge in [-0.25, -0.2) is 8.78 Å². The molecule has 0 amide bonds. The molecule has 3 heterocycles. The Labute approximate surface area is 316 Å². The molecule has 3 aliphatic rings. The summed E-state index contributed by atoms with van der Waals surface area (Å²) in [5.74, 6) is -2.67. The molecule has 0 aromatic heterocycles. The lowest BCUT2D eigenvalue weighted by molar-refractivity contribution is -0.0818. The van der Waals surface area contributed by atoms with E-state index in [9.17, 15) is 4.39 Å². The van der Waals surface area contributed by atoms with E-state index in [1.165, 1.54) is 0 Å². The van der Waals surface area contributed by atoms with Crippen LogP contribution in [0.15, 0.2) is 97.1 Å². The number of rotatable bonds is 13. The number of fused-ring (bicyclic) bond motifs is 2. The van der Waals surface area contributed by atoms with E-state index >= 15 is 8.78 Å². The topological polar surface area (TPSA) is 46.2 Å². The maximum atomic E-state index is 16.8. The highest BCUT2D eigenvalue weighted by Gasteiger charge is 2.52. The number of ether oxygens (including phenoxy) is 2. The molecule has 6 nitrogen and oxygen atoms in total. The van der Waals surface area contributed by atoms with Gasteiger partial charge in [0.1, 0.15) is 2.74 Å². The predicted octanol–water partition coefficient (Wildman–Crippen LogP) is 7.81. The van der Waals surface area contributed by atoms with Gasteiger partial charge in [0.05, 0.1) is 25.9 Å². The fourth-order valence-electron chi connectivity index (χ4n) is 8.53. The minimum atomic E-state index is -3.23. The second kappa shape index (κ2) is 15.5.